The van der Waals surface area contributed by atoms with Crippen LogP contribution < -0.4 is 16.0 Å². The molecule has 0 saturated carbocycles. The van der Waals surface area contributed by atoms with E-state index in [-0.39, 0.29) is 11.8 Å². The summed E-state index contributed by atoms with van der Waals surface area (Å²) in [4.78, 5) is 28.0. The van der Waals surface area contributed by atoms with Gasteiger partial charge in [-0.3, -0.25) is 4.79 Å². The number of carbonyl (C=O) groups excluding carboxylic acids is 1. The van der Waals surface area contributed by atoms with Gasteiger partial charge in [-0.25, -0.2) is 9.97 Å². The summed E-state index contributed by atoms with van der Waals surface area (Å²) in [7, 11) is 0. The van der Waals surface area contributed by atoms with Gasteiger partial charge >= 0.3 is 0 Å². The smallest absolute Gasteiger partial charge is 0.253 e. The van der Waals surface area contributed by atoms with Crippen molar-refractivity contribution in [2.45, 2.75) is 19.3 Å². The molecular weight excluding hydrogens is 364 g/mol. The van der Waals surface area contributed by atoms with E-state index in [2.05, 4.69) is 27.4 Å². The largest absolute Gasteiger partial charge is 0.357 e. The molecule has 1 aromatic carbocycles. The van der Waals surface area contributed by atoms with Crippen LogP contribution in [-0.4, -0.2) is 47.0 Å². The molecule has 148 valence electrons. The minimum absolute atomic E-state index is 0.0215. The van der Waals surface area contributed by atoms with E-state index in [1.807, 2.05) is 31.2 Å². The molecule has 0 radical (unpaired) electrons. The Morgan fingerprint density at radius 1 is 1.24 bits per heavy atom. The third kappa shape index (κ3) is 2.98. The van der Waals surface area contributed by atoms with E-state index in [1.165, 1.54) is 0 Å². The highest BCUT2D eigenvalue weighted by atomic mass is 16.1. The Kier molecular flexibility index (Phi) is 4.32. The number of rotatable bonds is 2. The summed E-state index contributed by atoms with van der Waals surface area (Å²) in [6.45, 7) is 4.61. The molecule has 7 nitrogen and oxygen atoms in total. The lowest BCUT2D eigenvalue weighted by molar-refractivity contribution is 0.0940. The standard InChI is InChI=1S/C22H24N6O/c1-13-21-27-20-15(6-4-7-17(20)25-13)18-11-16-19(26-18)14(12-24-22(16)29)5-2-3-9-28(21)10-8-23/h2-4,6-7,11,14,26H,5,8-10,12,23H2,1H3,(H,24,29)/b3-2-/t14-/m0/s1. The number of aromatic amines is 1. The molecule has 0 spiro atoms. The van der Waals surface area contributed by atoms with Crippen LogP contribution in [0.3, 0.4) is 0 Å². The number of hydrogen-bond acceptors (Lipinski definition) is 5. The third-order valence-electron chi connectivity index (χ3n) is 5.76. The van der Waals surface area contributed by atoms with Gasteiger partial charge in [0, 0.05) is 49.0 Å². The number of para-hydroxylation sites is 1. The van der Waals surface area contributed by atoms with Gasteiger partial charge in [0.15, 0.2) is 5.82 Å². The normalized spacial score (nSPS) is 19.4. The first-order valence-corrected chi connectivity index (χ1v) is 10.0. The van der Waals surface area contributed by atoms with Crippen LogP contribution in [0.4, 0.5) is 5.82 Å². The Hall–Kier alpha value is -3.19. The van der Waals surface area contributed by atoms with Crippen LogP contribution in [0.1, 0.15) is 34.1 Å². The van der Waals surface area contributed by atoms with Gasteiger partial charge in [-0.15, -0.1) is 0 Å². The molecule has 0 fully saturated rings. The average Bonchev–Trinajstić information content (AvgIpc) is 3.17. The zero-order chi connectivity index (χ0) is 20.0. The molecule has 5 rings (SSSR count). The second-order valence-corrected chi connectivity index (χ2v) is 7.67. The Bertz CT molecular complexity index is 1130. The van der Waals surface area contributed by atoms with E-state index in [4.69, 9.17) is 15.7 Å². The summed E-state index contributed by atoms with van der Waals surface area (Å²) in [5.41, 5.74) is 12.0. The van der Waals surface area contributed by atoms with Crippen LogP contribution in [0, 0.1) is 6.92 Å². The summed E-state index contributed by atoms with van der Waals surface area (Å²) < 4.78 is 0. The number of benzene rings is 1. The highest BCUT2D eigenvalue weighted by Crippen LogP contribution is 2.34. The van der Waals surface area contributed by atoms with E-state index in [0.29, 0.717) is 19.6 Å². The third-order valence-corrected chi connectivity index (χ3v) is 5.76. The Labute approximate surface area is 169 Å². The molecule has 0 aliphatic carbocycles. The minimum Gasteiger partial charge on any atom is -0.357 e. The fourth-order valence-corrected chi connectivity index (χ4v) is 4.32. The minimum atomic E-state index is -0.0215. The quantitative estimate of drug-likeness (QED) is 0.586. The van der Waals surface area contributed by atoms with Crippen LogP contribution in [0.5, 0.6) is 0 Å². The number of nitrogens with one attached hydrogen (secondary N) is 2. The second kappa shape index (κ2) is 7.00. The first-order valence-electron chi connectivity index (χ1n) is 10.0. The number of nitrogens with two attached hydrogens (primary N) is 1. The van der Waals surface area contributed by atoms with Crippen molar-refractivity contribution >= 4 is 22.8 Å². The molecule has 4 N–H and O–H groups in total. The average molecular weight is 388 g/mol. The molecule has 29 heavy (non-hydrogen) atoms. The van der Waals surface area contributed by atoms with Crippen molar-refractivity contribution in [3.63, 3.8) is 0 Å². The first kappa shape index (κ1) is 17.9. The molecule has 0 unspecified atom stereocenters. The van der Waals surface area contributed by atoms with Gasteiger partial charge in [0.1, 0.15) is 5.52 Å². The fourth-order valence-electron chi connectivity index (χ4n) is 4.32. The highest BCUT2D eigenvalue weighted by molar-refractivity contribution is 6.00. The van der Waals surface area contributed by atoms with Crippen molar-refractivity contribution < 1.29 is 4.79 Å². The van der Waals surface area contributed by atoms with Crippen molar-refractivity contribution in [2.75, 3.05) is 31.1 Å². The molecular formula is C22H24N6O. The van der Waals surface area contributed by atoms with E-state index >= 15 is 0 Å². The van der Waals surface area contributed by atoms with Crippen LogP contribution in [0.15, 0.2) is 36.4 Å². The maximum absolute atomic E-state index is 12.4. The van der Waals surface area contributed by atoms with Crippen LogP contribution in [-0.2, 0) is 0 Å². The second-order valence-electron chi connectivity index (χ2n) is 7.67. The predicted octanol–water partition coefficient (Wildman–Crippen LogP) is 2.49. The summed E-state index contributed by atoms with van der Waals surface area (Å²) >= 11 is 0. The molecule has 2 aromatic heterocycles. The maximum atomic E-state index is 12.4. The monoisotopic (exact) mass is 388 g/mol. The molecule has 2 aliphatic heterocycles. The Morgan fingerprint density at radius 3 is 3.00 bits per heavy atom. The summed E-state index contributed by atoms with van der Waals surface area (Å²) in [5, 5.41) is 3.02. The van der Waals surface area contributed by atoms with Gasteiger partial charge in [-0.1, -0.05) is 24.3 Å². The molecule has 3 aromatic rings. The van der Waals surface area contributed by atoms with E-state index in [0.717, 1.165) is 58.0 Å². The summed E-state index contributed by atoms with van der Waals surface area (Å²) in [6.07, 6.45) is 5.20. The van der Waals surface area contributed by atoms with Gasteiger partial charge in [0.25, 0.3) is 5.91 Å². The highest BCUT2D eigenvalue weighted by Gasteiger charge is 2.28. The van der Waals surface area contributed by atoms with E-state index in [1.54, 1.807) is 0 Å². The molecule has 1 atom stereocenters. The zero-order valence-electron chi connectivity index (χ0n) is 16.4. The van der Waals surface area contributed by atoms with Crippen molar-refractivity contribution in [1.82, 2.24) is 20.3 Å². The van der Waals surface area contributed by atoms with Crippen LogP contribution in [0.2, 0.25) is 0 Å². The Morgan fingerprint density at radius 2 is 2.14 bits per heavy atom. The number of H-pyrrole nitrogens is 1. The molecule has 2 aliphatic rings. The summed E-state index contributed by atoms with van der Waals surface area (Å²) in [6, 6.07) is 7.94. The van der Waals surface area contributed by atoms with Gasteiger partial charge in [0.05, 0.1) is 16.8 Å². The van der Waals surface area contributed by atoms with Crippen molar-refractivity contribution in [3.8, 4) is 11.3 Å². The van der Waals surface area contributed by atoms with E-state index < -0.39 is 0 Å². The van der Waals surface area contributed by atoms with Crippen molar-refractivity contribution in [3.05, 3.63) is 53.4 Å². The summed E-state index contributed by atoms with van der Waals surface area (Å²) in [5.74, 6) is 1.06. The zero-order valence-corrected chi connectivity index (χ0v) is 16.4. The van der Waals surface area contributed by atoms with Gasteiger partial charge < -0.3 is 20.9 Å². The molecule has 7 heteroatoms. The predicted molar refractivity (Wildman–Crippen MR) is 114 cm³/mol. The lowest BCUT2D eigenvalue weighted by atomic mass is 9.94. The van der Waals surface area contributed by atoms with Crippen molar-refractivity contribution in [1.29, 1.82) is 0 Å². The number of fused-ring (bicyclic) bond motifs is 3. The number of carbonyl (C=O) groups is 1. The number of anilines is 1. The lowest BCUT2D eigenvalue weighted by Gasteiger charge is -2.24. The molecule has 4 heterocycles. The SMILES string of the molecule is Cc1nc2cccc3c2nc1N(CCN)C/C=C\C[C@H]1CNC(=O)c2cc-3[nH]c21. The van der Waals surface area contributed by atoms with Crippen LogP contribution >= 0.6 is 0 Å². The van der Waals surface area contributed by atoms with Crippen molar-refractivity contribution in [2.24, 2.45) is 5.73 Å². The van der Waals surface area contributed by atoms with Gasteiger partial charge in [-0.05, 0) is 25.5 Å². The number of allylic oxidation sites excluding steroid dienone is 1. The van der Waals surface area contributed by atoms with Gasteiger partial charge in [0.2, 0.25) is 0 Å². The number of hydrogen-bond donors (Lipinski definition) is 3. The number of aryl methyl sites for hydroxylation is 1. The Balaban J connectivity index is 1.77. The molecule has 1 amide bonds. The van der Waals surface area contributed by atoms with Gasteiger partial charge in [-0.2, -0.15) is 0 Å². The number of nitrogens with zero attached hydrogens (tertiary/aromatic N) is 3. The number of aromatic nitrogens is 3. The molecule has 4 bridgehead atoms. The first-order chi connectivity index (χ1) is 14.2. The maximum Gasteiger partial charge on any atom is 0.253 e. The topological polar surface area (TPSA) is 99.9 Å². The van der Waals surface area contributed by atoms with Crippen LogP contribution in [0.25, 0.3) is 22.3 Å². The van der Waals surface area contributed by atoms with E-state index in [9.17, 15) is 4.79 Å². The lowest BCUT2D eigenvalue weighted by Crippen LogP contribution is -2.34. The fraction of sp³-hybridized carbons (Fsp3) is 0.318. The number of amides is 1. The molecule has 0 saturated heterocycles.